The number of nitrogens with two attached hydrogens (primary N) is 1. The summed E-state index contributed by atoms with van der Waals surface area (Å²) in [6.07, 6.45) is 5.04. The summed E-state index contributed by atoms with van der Waals surface area (Å²) in [6.45, 7) is 1.96. The highest BCUT2D eigenvalue weighted by molar-refractivity contribution is 5.93. The number of aryl methyl sites for hydroxylation is 1. The van der Waals surface area contributed by atoms with E-state index in [0.29, 0.717) is 11.5 Å². The van der Waals surface area contributed by atoms with Crippen LogP contribution in [0, 0.1) is 12.8 Å². The number of hydrogen-bond acceptors (Lipinski definition) is 5. The van der Waals surface area contributed by atoms with E-state index in [1.54, 1.807) is 12.3 Å². The smallest absolute Gasteiger partial charge is 0.228 e. The summed E-state index contributed by atoms with van der Waals surface area (Å²) in [5, 5.41) is 2.86. The van der Waals surface area contributed by atoms with E-state index in [9.17, 15) is 4.79 Å². The molecule has 1 saturated carbocycles. The van der Waals surface area contributed by atoms with E-state index in [1.165, 1.54) is 6.33 Å². The number of nitrogen functional groups attached to an aromatic ring is 1. The number of rotatable bonds is 4. The first kappa shape index (κ1) is 16.2. The van der Waals surface area contributed by atoms with Gasteiger partial charge in [0.2, 0.25) is 5.91 Å². The van der Waals surface area contributed by atoms with E-state index < -0.39 is 0 Å². The maximum Gasteiger partial charge on any atom is 0.228 e. The topological polar surface area (TPSA) is 93.8 Å². The van der Waals surface area contributed by atoms with E-state index >= 15 is 0 Å². The maximum atomic E-state index is 11.9. The van der Waals surface area contributed by atoms with Crippen LogP contribution in [0.25, 0.3) is 22.4 Å². The van der Waals surface area contributed by atoms with Gasteiger partial charge in [0.05, 0.1) is 17.6 Å². The number of benzene rings is 1. The first-order valence-electron chi connectivity index (χ1n) is 8.56. The standard InChI is InChI=1S/C20H19N5O/c1-12-17(8-16(21)10-22-12)14-3-2-4-15(7-14)18-9-19(24-11-23-18)25-20(26)13-5-6-13/h2-4,7-11,13H,5-6,21H2,1H3,(H,23,24,25,26). The van der Waals surface area contributed by atoms with Crippen LogP contribution in [0.5, 0.6) is 0 Å². The summed E-state index contributed by atoms with van der Waals surface area (Å²) in [7, 11) is 0. The molecule has 0 bridgehead atoms. The monoisotopic (exact) mass is 345 g/mol. The predicted octanol–water partition coefficient (Wildman–Crippen LogP) is 3.44. The van der Waals surface area contributed by atoms with Crippen LogP contribution >= 0.6 is 0 Å². The number of carbonyl (C=O) groups excluding carboxylic acids is 1. The Morgan fingerprint density at radius 3 is 2.73 bits per heavy atom. The van der Waals surface area contributed by atoms with E-state index in [4.69, 9.17) is 5.73 Å². The van der Waals surface area contributed by atoms with Gasteiger partial charge in [-0.05, 0) is 37.5 Å². The van der Waals surface area contributed by atoms with Crippen molar-refractivity contribution in [2.24, 2.45) is 5.92 Å². The molecule has 3 N–H and O–H groups in total. The molecule has 1 amide bonds. The molecular formula is C20H19N5O. The molecule has 6 heteroatoms. The van der Waals surface area contributed by atoms with Gasteiger partial charge in [0.1, 0.15) is 12.1 Å². The zero-order valence-corrected chi connectivity index (χ0v) is 14.4. The van der Waals surface area contributed by atoms with Gasteiger partial charge in [-0.15, -0.1) is 0 Å². The molecule has 1 aromatic carbocycles. The van der Waals surface area contributed by atoms with E-state index in [2.05, 4.69) is 20.3 Å². The van der Waals surface area contributed by atoms with Crippen LogP contribution in [0.3, 0.4) is 0 Å². The van der Waals surface area contributed by atoms with Gasteiger partial charge in [0.25, 0.3) is 0 Å². The molecule has 1 aliphatic rings. The van der Waals surface area contributed by atoms with Crippen LogP contribution in [-0.2, 0) is 4.79 Å². The van der Waals surface area contributed by atoms with Crippen molar-refractivity contribution in [3.8, 4) is 22.4 Å². The second-order valence-electron chi connectivity index (χ2n) is 6.53. The molecule has 1 aliphatic carbocycles. The van der Waals surface area contributed by atoms with Crippen molar-refractivity contribution in [1.82, 2.24) is 15.0 Å². The molecule has 6 nitrogen and oxygen atoms in total. The molecule has 0 spiro atoms. The van der Waals surface area contributed by atoms with Crippen molar-refractivity contribution in [2.75, 3.05) is 11.1 Å². The SMILES string of the molecule is Cc1ncc(N)cc1-c1cccc(-c2cc(NC(=O)C3CC3)ncn2)c1. The van der Waals surface area contributed by atoms with Crippen molar-refractivity contribution in [3.63, 3.8) is 0 Å². The van der Waals surface area contributed by atoms with E-state index in [-0.39, 0.29) is 11.8 Å². The highest BCUT2D eigenvalue weighted by Gasteiger charge is 2.29. The Bertz CT molecular complexity index is 981. The van der Waals surface area contributed by atoms with Gasteiger partial charge in [-0.25, -0.2) is 9.97 Å². The lowest BCUT2D eigenvalue weighted by Gasteiger charge is -2.09. The molecule has 2 heterocycles. The third-order valence-electron chi connectivity index (χ3n) is 4.44. The van der Waals surface area contributed by atoms with Crippen LogP contribution in [-0.4, -0.2) is 20.9 Å². The van der Waals surface area contributed by atoms with Crippen molar-refractivity contribution in [1.29, 1.82) is 0 Å². The Balaban J connectivity index is 1.66. The van der Waals surface area contributed by atoms with E-state index in [0.717, 1.165) is 40.9 Å². The second-order valence-corrected chi connectivity index (χ2v) is 6.53. The molecule has 4 rings (SSSR count). The van der Waals surface area contributed by atoms with Crippen molar-refractivity contribution < 1.29 is 4.79 Å². The molecule has 3 aromatic rings. The molecule has 0 atom stereocenters. The zero-order valence-electron chi connectivity index (χ0n) is 14.4. The Hall–Kier alpha value is -3.28. The van der Waals surface area contributed by atoms with Gasteiger partial charge in [0, 0.05) is 28.8 Å². The number of anilines is 2. The highest BCUT2D eigenvalue weighted by Crippen LogP contribution is 2.31. The summed E-state index contributed by atoms with van der Waals surface area (Å²) in [4.78, 5) is 24.8. The predicted molar refractivity (Wildman–Crippen MR) is 101 cm³/mol. The van der Waals surface area contributed by atoms with Crippen molar-refractivity contribution in [3.05, 3.63) is 54.6 Å². The first-order valence-corrected chi connectivity index (χ1v) is 8.56. The van der Waals surface area contributed by atoms with Crippen molar-refractivity contribution >= 4 is 17.4 Å². The van der Waals surface area contributed by atoms with E-state index in [1.807, 2.05) is 37.3 Å². The minimum Gasteiger partial charge on any atom is -0.397 e. The minimum atomic E-state index is 0.0323. The number of carbonyl (C=O) groups is 1. The summed E-state index contributed by atoms with van der Waals surface area (Å²) in [5.41, 5.74) is 11.1. The Kier molecular flexibility index (Phi) is 4.08. The second kappa shape index (κ2) is 6.55. The van der Waals surface area contributed by atoms with Gasteiger partial charge in [0.15, 0.2) is 0 Å². The largest absolute Gasteiger partial charge is 0.397 e. The van der Waals surface area contributed by atoms with Gasteiger partial charge in [-0.3, -0.25) is 9.78 Å². The van der Waals surface area contributed by atoms with Gasteiger partial charge < -0.3 is 11.1 Å². The summed E-state index contributed by atoms with van der Waals surface area (Å²) < 4.78 is 0. The number of aromatic nitrogens is 3. The zero-order chi connectivity index (χ0) is 18.1. The lowest BCUT2D eigenvalue weighted by Crippen LogP contribution is -2.14. The highest BCUT2D eigenvalue weighted by atomic mass is 16.2. The van der Waals surface area contributed by atoms with Gasteiger partial charge in [-0.2, -0.15) is 0 Å². The molecule has 26 heavy (non-hydrogen) atoms. The molecule has 1 fully saturated rings. The van der Waals surface area contributed by atoms with Crippen LogP contribution < -0.4 is 11.1 Å². The van der Waals surface area contributed by atoms with Crippen LogP contribution in [0.4, 0.5) is 11.5 Å². The molecule has 0 aliphatic heterocycles. The Morgan fingerprint density at radius 1 is 1.12 bits per heavy atom. The number of pyridine rings is 1. The normalized spacial score (nSPS) is 13.4. The lowest BCUT2D eigenvalue weighted by atomic mass is 10.0. The molecule has 0 radical (unpaired) electrons. The summed E-state index contributed by atoms with van der Waals surface area (Å²) in [6, 6.07) is 11.7. The minimum absolute atomic E-state index is 0.0323. The van der Waals surface area contributed by atoms with Gasteiger partial charge in [-0.1, -0.05) is 18.2 Å². The number of amides is 1. The van der Waals surface area contributed by atoms with Crippen LogP contribution in [0.1, 0.15) is 18.5 Å². The number of nitrogens with one attached hydrogen (secondary N) is 1. The quantitative estimate of drug-likeness (QED) is 0.755. The molecular weight excluding hydrogens is 326 g/mol. The third kappa shape index (κ3) is 3.39. The fourth-order valence-corrected chi connectivity index (χ4v) is 2.84. The average molecular weight is 345 g/mol. The first-order chi connectivity index (χ1) is 12.6. The fourth-order valence-electron chi connectivity index (χ4n) is 2.84. The average Bonchev–Trinajstić information content (AvgIpc) is 3.49. The fraction of sp³-hybridized carbons (Fsp3) is 0.200. The van der Waals surface area contributed by atoms with Crippen LogP contribution in [0.15, 0.2) is 48.9 Å². The lowest BCUT2D eigenvalue weighted by molar-refractivity contribution is -0.117. The summed E-state index contributed by atoms with van der Waals surface area (Å²) in [5.74, 6) is 0.694. The van der Waals surface area contributed by atoms with Crippen LogP contribution in [0.2, 0.25) is 0 Å². The third-order valence-corrected chi connectivity index (χ3v) is 4.44. The molecule has 130 valence electrons. The number of nitrogens with zero attached hydrogens (tertiary/aromatic N) is 3. The molecule has 2 aromatic heterocycles. The maximum absolute atomic E-state index is 11.9. The Morgan fingerprint density at radius 2 is 1.92 bits per heavy atom. The molecule has 0 unspecified atom stereocenters. The number of hydrogen-bond donors (Lipinski definition) is 2. The molecule has 0 saturated heterocycles. The van der Waals surface area contributed by atoms with Gasteiger partial charge >= 0.3 is 0 Å². The Labute approximate surface area is 151 Å². The summed E-state index contributed by atoms with van der Waals surface area (Å²) >= 11 is 0. The van der Waals surface area contributed by atoms with Crippen molar-refractivity contribution in [2.45, 2.75) is 19.8 Å².